The predicted octanol–water partition coefficient (Wildman–Crippen LogP) is 18.3. The van der Waals surface area contributed by atoms with E-state index in [1.807, 2.05) is 0 Å². The molecule has 10 aromatic carbocycles. The highest BCUT2D eigenvalue weighted by Crippen LogP contribution is 2.66. The van der Waals surface area contributed by atoms with Gasteiger partial charge in [0.1, 0.15) is 11.3 Å². The highest BCUT2D eigenvalue weighted by Gasteiger charge is 2.55. The lowest BCUT2D eigenvalue weighted by atomic mass is 9.70. The highest BCUT2D eigenvalue weighted by atomic mass is 16.3. The molecule has 11 aromatic rings. The molecule has 0 aliphatic heterocycles. The Morgan fingerprint density at radius 2 is 0.653 bits per heavy atom. The van der Waals surface area contributed by atoms with Crippen molar-refractivity contribution in [2.24, 2.45) is 0 Å². The quantitative estimate of drug-likeness (QED) is 0.166. The fourth-order valence-corrected chi connectivity index (χ4v) is 13.6. The Kier molecular flexibility index (Phi) is 8.40. The molecule has 3 nitrogen and oxygen atoms in total. The molecule has 1 unspecified atom stereocenters. The second kappa shape index (κ2) is 14.7. The van der Waals surface area contributed by atoms with Crippen molar-refractivity contribution in [2.45, 2.75) is 43.9 Å². The van der Waals surface area contributed by atoms with Gasteiger partial charge in [0, 0.05) is 61.5 Å². The number of para-hydroxylation sites is 3. The van der Waals surface area contributed by atoms with Crippen LogP contribution in [0.1, 0.15) is 72.2 Å². The van der Waals surface area contributed by atoms with Crippen LogP contribution < -0.4 is 9.80 Å². The number of hydrogen-bond donors (Lipinski definition) is 0. The zero-order chi connectivity index (χ0) is 48.1. The van der Waals surface area contributed by atoms with Crippen LogP contribution in [0, 0.1) is 0 Å². The standard InChI is InChI=1S/C69H50N2O/c1-67(2)57-27-15-11-23-49(57)52-35-31-45(39-60(52)67)70(43-19-7-5-8-20-43)47-33-37-54-51-25-13-17-29-59(51)69(62(54)41-47)63-42-48(34-38-55(63)66-65(69)56-26-14-18-30-64(56)72-66)71(44-21-9-6-10-22-44)46-32-36-53-50-24-12-16-28-58(50)68(3,4)61(53)40-46/h5-42H,1-4H3. The molecule has 1 aromatic heterocycles. The second-order valence-electron chi connectivity index (χ2n) is 21.2. The van der Waals surface area contributed by atoms with E-state index >= 15 is 0 Å². The molecule has 0 amide bonds. The fourth-order valence-electron chi connectivity index (χ4n) is 13.6. The summed E-state index contributed by atoms with van der Waals surface area (Å²) in [5, 5.41) is 1.14. The predicted molar refractivity (Wildman–Crippen MR) is 297 cm³/mol. The van der Waals surface area contributed by atoms with Crippen LogP contribution in [-0.2, 0) is 16.2 Å². The molecular weight excluding hydrogens is 873 g/mol. The van der Waals surface area contributed by atoms with Gasteiger partial charge in [0.05, 0.1) is 5.41 Å². The van der Waals surface area contributed by atoms with Gasteiger partial charge in [-0.3, -0.25) is 0 Å². The monoisotopic (exact) mass is 922 g/mol. The van der Waals surface area contributed by atoms with Crippen molar-refractivity contribution < 1.29 is 4.42 Å². The van der Waals surface area contributed by atoms with Gasteiger partial charge in [-0.15, -0.1) is 0 Å². The Morgan fingerprint density at radius 1 is 0.292 bits per heavy atom. The van der Waals surface area contributed by atoms with Crippen molar-refractivity contribution in [3.63, 3.8) is 0 Å². The summed E-state index contributed by atoms with van der Waals surface area (Å²) in [7, 11) is 0. The molecule has 0 bridgehead atoms. The van der Waals surface area contributed by atoms with Crippen LogP contribution >= 0.6 is 0 Å². The summed E-state index contributed by atoms with van der Waals surface area (Å²) in [4.78, 5) is 4.91. The first-order valence-electron chi connectivity index (χ1n) is 25.3. The third kappa shape index (κ3) is 5.40. The van der Waals surface area contributed by atoms with Gasteiger partial charge in [-0.2, -0.15) is 0 Å². The molecule has 0 fully saturated rings. The number of hydrogen-bond acceptors (Lipinski definition) is 3. The van der Waals surface area contributed by atoms with Crippen LogP contribution in [0.4, 0.5) is 34.1 Å². The molecule has 4 aliphatic carbocycles. The van der Waals surface area contributed by atoms with Crippen molar-refractivity contribution in [1.82, 2.24) is 0 Å². The van der Waals surface area contributed by atoms with E-state index in [1.54, 1.807) is 0 Å². The van der Waals surface area contributed by atoms with Gasteiger partial charge in [0.15, 0.2) is 0 Å². The molecule has 0 saturated heterocycles. The maximum atomic E-state index is 7.11. The van der Waals surface area contributed by atoms with Gasteiger partial charge < -0.3 is 14.2 Å². The molecule has 0 radical (unpaired) electrons. The maximum Gasteiger partial charge on any atom is 0.140 e. The Labute approximate surface area is 420 Å². The average molecular weight is 923 g/mol. The first-order valence-corrected chi connectivity index (χ1v) is 25.3. The summed E-state index contributed by atoms with van der Waals surface area (Å²) in [6.07, 6.45) is 0. The van der Waals surface area contributed by atoms with Gasteiger partial charge in [-0.05, 0) is 157 Å². The molecule has 15 rings (SSSR count). The zero-order valence-corrected chi connectivity index (χ0v) is 40.7. The summed E-state index contributed by atoms with van der Waals surface area (Å²) >= 11 is 0. The van der Waals surface area contributed by atoms with Crippen LogP contribution in [0.25, 0.3) is 55.7 Å². The molecule has 1 heterocycles. The lowest BCUT2D eigenvalue weighted by Crippen LogP contribution is -2.26. The minimum Gasteiger partial charge on any atom is -0.456 e. The summed E-state index contributed by atoms with van der Waals surface area (Å²) in [6, 6.07) is 85.8. The zero-order valence-electron chi connectivity index (χ0n) is 40.7. The van der Waals surface area contributed by atoms with Gasteiger partial charge in [-0.1, -0.05) is 173 Å². The van der Waals surface area contributed by atoms with Gasteiger partial charge in [0.25, 0.3) is 0 Å². The molecule has 4 aliphatic rings. The smallest absolute Gasteiger partial charge is 0.140 e. The van der Waals surface area contributed by atoms with E-state index in [9.17, 15) is 0 Å². The molecule has 72 heavy (non-hydrogen) atoms. The van der Waals surface area contributed by atoms with Crippen LogP contribution in [0.5, 0.6) is 0 Å². The number of furan rings is 1. The largest absolute Gasteiger partial charge is 0.456 e. The summed E-state index contributed by atoms with van der Waals surface area (Å²) in [5.41, 5.74) is 25.8. The van der Waals surface area contributed by atoms with Gasteiger partial charge in [0.2, 0.25) is 0 Å². The van der Waals surface area contributed by atoms with E-state index in [0.717, 1.165) is 56.4 Å². The van der Waals surface area contributed by atoms with E-state index in [2.05, 4.69) is 268 Å². The number of benzene rings is 10. The molecule has 1 spiro atoms. The van der Waals surface area contributed by atoms with E-state index < -0.39 is 5.41 Å². The number of fused-ring (bicyclic) bond motifs is 18. The molecular formula is C69H50N2O. The van der Waals surface area contributed by atoms with Crippen molar-refractivity contribution in [3.05, 3.63) is 275 Å². The normalized spacial score (nSPS) is 16.3. The van der Waals surface area contributed by atoms with Crippen LogP contribution in [0.2, 0.25) is 0 Å². The molecule has 0 saturated carbocycles. The van der Waals surface area contributed by atoms with E-state index in [1.165, 1.54) is 77.9 Å². The van der Waals surface area contributed by atoms with Gasteiger partial charge >= 0.3 is 0 Å². The number of nitrogens with zero attached hydrogens (tertiary/aromatic N) is 2. The van der Waals surface area contributed by atoms with Crippen LogP contribution in [-0.4, -0.2) is 0 Å². The first-order chi connectivity index (χ1) is 35.2. The minimum atomic E-state index is -0.705. The third-order valence-electron chi connectivity index (χ3n) is 16.8. The molecule has 342 valence electrons. The van der Waals surface area contributed by atoms with Crippen molar-refractivity contribution in [2.75, 3.05) is 9.80 Å². The fraction of sp³-hybridized carbons (Fsp3) is 0.101. The highest BCUT2D eigenvalue weighted by molar-refractivity contribution is 6.03. The van der Waals surface area contributed by atoms with Crippen molar-refractivity contribution in [3.8, 4) is 44.7 Å². The maximum absolute atomic E-state index is 7.11. The topological polar surface area (TPSA) is 19.6 Å². The second-order valence-corrected chi connectivity index (χ2v) is 21.2. The van der Waals surface area contributed by atoms with Crippen LogP contribution in [0.15, 0.2) is 235 Å². The Morgan fingerprint density at radius 3 is 1.17 bits per heavy atom. The molecule has 0 N–H and O–H groups in total. The first kappa shape index (κ1) is 41.2. The Balaban J connectivity index is 0.973. The lowest BCUT2D eigenvalue weighted by Gasteiger charge is -2.33. The third-order valence-corrected chi connectivity index (χ3v) is 16.8. The van der Waals surface area contributed by atoms with Gasteiger partial charge in [-0.25, -0.2) is 0 Å². The Hall–Kier alpha value is -8.66. The van der Waals surface area contributed by atoms with E-state index in [4.69, 9.17) is 4.42 Å². The SMILES string of the molecule is CC1(C)c2ccccc2-c2ccc(N(c3ccccc3)c3ccc4c(c3)C3(c5ccccc5-4)c4cc(N(c5ccccc5)c5ccc6c(c5)C(C)(C)c5ccccc5-6)ccc4-c4oc5ccccc5c43)cc21. The number of rotatable bonds is 6. The van der Waals surface area contributed by atoms with E-state index in [0.29, 0.717) is 0 Å². The molecule has 3 heteroatoms. The summed E-state index contributed by atoms with van der Waals surface area (Å²) < 4.78 is 7.11. The average Bonchev–Trinajstić information content (AvgIpc) is 4.15. The lowest BCUT2D eigenvalue weighted by molar-refractivity contribution is 0.628. The molecule has 1 atom stereocenters. The number of anilines is 6. The summed E-state index contributed by atoms with van der Waals surface area (Å²) in [6.45, 7) is 9.47. The Bertz CT molecular complexity index is 4060. The van der Waals surface area contributed by atoms with Crippen molar-refractivity contribution in [1.29, 1.82) is 0 Å². The van der Waals surface area contributed by atoms with Crippen molar-refractivity contribution >= 4 is 45.1 Å². The summed E-state index contributed by atoms with van der Waals surface area (Å²) in [5.74, 6) is 0.939. The van der Waals surface area contributed by atoms with Crippen LogP contribution in [0.3, 0.4) is 0 Å². The van der Waals surface area contributed by atoms with E-state index in [-0.39, 0.29) is 10.8 Å². The minimum absolute atomic E-state index is 0.146.